The SMILES string of the molecule is O=C(N[C@@H]1C[C@H]2CC[C@@H]1N2)c1ccc(-c2ccc(F)c(F)c2)[nH]1. The van der Waals surface area contributed by atoms with Crippen LogP contribution in [0.5, 0.6) is 0 Å². The lowest BCUT2D eigenvalue weighted by atomic mass is 9.95. The summed E-state index contributed by atoms with van der Waals surface area (Å²) in [6, 6.07) is 8.07. The van der Waals surface area contributed by atoms with Crippen LogP contribution in [0.1, 0.15) is 29.8 Å². The molecule has 0 spiro atoms. The lowest BCUT2D eigenvalue weighted by Gasteiger charge is -2.21. The molecule has 2 aromatic rings. The van der Waals surface area contributed by atoms with Crippen LogP contribution in [-0.4, -0.2) is 29.0 Å². The minimum absolute atomic E-state index is 0.163. The first-order valence-electron chi connectivity index (χ1n) is 7.81. The van der Waals surface area contributed by atoms with Crippen molar-refractivity contribution < 1.29 is 13.6 Å². The van der Waals surface area contributed by atoms with Gasteiger partial charge in [-0.2, -0.15) is 0 Å². The fraction of sp³-hybridized carbons (Fsp3) is 0.353. The zero-order chi connectivity index (χ0) is 16.0. The fourth-order valence-corrected chi connectivity index (χ4v) is 3.59. The molecule has 2 bridgehead atoms. The zero-order valence-corrected chi connectivity index (χ0v) is 12.4. The molecule has 2 aliphatic rings. The third-order valence-electron chi connectivity index (χ3n) is 4.78. The molecular formula is C17H17F2N3O. The van der Waals surface area contributed by atoms with E-state index in [1.54, 1.807) is 12.1 Å². The van der Waals surface area contributed by atoms with Gasteiger partial charge in [-0.1, -0.05) is 0 Å². The molecule has 6 heteroatoms. The maximum Gasteiger partial charge on any atom is 0.267 e. The maximum absolute atomic E-state index is 13.3. The molecule has 1 aromatic heterocycles. The van der Waals surface area contributed by atoms with Crippen molar-refractivity contribution in [1.29, 1.82) is 0 Å². The molecule has 0 aliphatic carbocycles. The van der Waals surface area contributed by atoms with Gasteiger partial charge in [0.2, 0.25) is 0 Å². The van der Waals surface area contributed by atoms with Crippen molar-refractivity contribution in [2.24, 2.45) is 0 Å². The van der Waals surface area contributed by atoms with Crippen LogP contribution in [0.25, 0.3) is 11.3 Å². The average Bonchev–Trinajstić information content (AvgIpc) is 3.25. The van der Waals surface area contributed by atoms with E-state index in [-0.39, 0.29) is 11.9 Å². The first-order valence-corrected chi connectivity index (χ1v) is 7.81. The topological polar surface area (TPSA) is 56.9 Å². The Balaban J connectivity index is 1.48. The van der Waals surface area contributed by atoms with Gasteiger partial charge < -0.3 is 15.6 Å². The standard InChI is InChI=1S/C17H17F2N3O/c18-11-3-1-9(7-12(11)19)13-5-6-15(21-13)17(23)22-16-8-10-2-4-14(16)20-10/h1,3,5-7,10,14,16,20-21H,2,4,8H2,(H,22,23)/t10-,14+,16-/m1/s1. The minimum atomic E-state index is -0.906. The van der Waals surface area contributed by atoms with Gasteiger partial charge in [0.1, 0.15) is 5.69 Å². The van der Waals surface area contributed by atoms with E-state index in [1.165, 1.54) is 12.5 Å². The van der Waals surface area contributed by atoms with Crippen molar-refractivity contribution >= 4 is 5.91 Å². The van der Waals surface area contributed by atoms with E-state index >= 15 is 0 Å². The predicted octanol–water partition coefficient (Wildman–Crippen LogP) is 2.58. The lowest BCUT2D eigenvalue weighted by molar-refractivity contribution is 0.0926. The third-order valence-corrected chi connectivity index (χ3v) is 4.78. The van der Waals surface area contributed by atoms with Gasteiger partial charge in [0.15, 0.2) is 11.6 Å². The predicted molar refractivity (Wildman–Crippen MR) is 82.0 cm³/mol. The van der Waals surface area contributed by atoms with Crippen LogP contribution in [0.3, 0.4) is 0 Å². The second kappa shape index (κ2) is 5.45. The number of halogens is 2. The monoisotopic (exact) mass is 317 g/mol. The number of carbonyl (C=O) groups is 1. The molecule has 2 saturated heterocycles. The van der Waals surface area contributed by atoms with Crippen molar-refractivity contribution in [3.63, 3.8) is 0 Å². The largest absolute Gasteiger partial charge is 0.351 e. The van der Waals surface area contributed by atoms with Crippen LogP contribution in [0, 0.1) is 11.6 Å². The summed E-state index contributed by atoms with van der Waals surface area (Å²) in [5.41, 5.74) is 1.51. The molecule has 0 radical (unpaired) electrons. The number of hydrogen-bond acceptors (Lipinski definition) is 2. The summed E-state index contributed by atoms with van der Waals surface area (Å²) in [4.78, 5) is 15.3. The van der Waals surface area contributed by atoms with Gasteiger partial charge in [0, 0.05) is 29.4 Å². The van der Waals surface area contributed by atoms with Gasteiger partial charge >= 0.3 is 0 Å². The Labute approximate surface area is 132 Å². The Kier molecular flexibility index (Phi) is 3.41. The summed E-state index contributed by atoms with van der Waals surface area (Å²) in [5.74, 6) is -1.96. The van der Waals surface area contributed by atoms with Crippen LogP contribution in [0.4, 0.5) is 8.78 Å². The molecule has 23 heavy (non-hydrogen) atoms. The number of H-pyrrole nitrogens is 1. The van der Waals surface area contributed by atoms with Crippen LogP contribution >= 0.6 is 0 Å². The van der Waals surface area contributed by atoms with Crippen molar-refractivity contribution in [1.82, 2.24) is 15.6 Å². The van der Waals surface area contributed by atoms with E-state index in [2.05, 4.69) is 15.6 Å². The molecule has 3 N–H and O–H groups in total. The molecular weight excluding hydrogens is 300 g/mol. The fourth-order valence-electron chi connectivity index (χ4n) is 3.59. The van der Waals surface area contributed by atoms with Crippen molar-refractivity contribution in [2.45, 2.75) is 37.4 Å². The molecule has 2 aliphatic heterocycles. The Hall–Kier alpha value is -2.21. The van der Waals surface area contributed by atoms with E-state index in [1.807, 2.05) is 0 Å². The highest BCUT2D eigenvalue weighted by atomic mass is 19.2. The van der Waals surface area contributed by atoms with Crippen LogP contribution in [-0.2, 0) is 0 Å². The highest BCUT2D eigenvalue weighted by molar-refractivity contribution is 5.93. The van der Waals surface area contributed by atoms with Gasteiger partial charge in [-0.15, -0.1) is 0 Å². The summed E-state index contributed by atoms with van der Waals surface area (Å²) < 4.78 is 26.3. The summed E-state index contributed by atoms with van der Waals surface area (Å²) in [5, 5.41) is 6.52. The number of fused-ring (bicyclic) bond motifs is 2. The number of nitrogens with one attached hydrogen (secondary N) is 3. The normalized spacial score (nSPS) is 25.7. The molecule has 0 unspecified atom stereocenters. The van der Waals surface area contributed by atoms with E-state index in [0.717, 1.165) is 25.0 Å². The third kappa shape index (κ3) is 2.63. The number of aromatic nitrogens is 1. The molecule has 1 amide bonds. The first kappa shape index (κ1) is 14.4. The number of hydrogen-bond donors (Lipinski definition) is 3. The summed E-state index contributed by atoms with van der Waals surface area (Å²) in [6.07, 6.45) is 3.24. The van der Waals surface area contributed by atoms with Crippen LogP contribution in [0.15, 0.2) is 30.3 Å². The van der Waals surface area contributed by atoms with Gasteiger partial charge in [-0.05, 0) is 49.6 Å². The molecule has 3 atom stereocenters. The molecule has 0 saturated carbocycles. The van der Waals surface area contributed by atoms with Crippen molar-refractivity contribution in [3.05, 3.63) is 47.7 Å². The highest BCUT2D eigenvalue weighted by Crippen LogP contribution is 2.28. The first-order chi connectivity index (χ1) is 11.1. The molecule has 3 heterocycles. The smallest absolute Gasteiger partial charge is 0.267 e. The van der Waals surface area contributed by atoms with Gasteiger partial charge in [-0.25, -0.2) is 8.78 Å². The Bertz CT molecular complexity index is 758. The summed E-state index contributed by atoms with van der Waals surface area (Å²) >= 11 is 0. The molecule has 120 valence electrons. The number of carbonyl (C=O) groups excluding carboxylic acids is 1. The van der Waals surface area contributed by atoms with Gasteiger partial charge in [0.05, 0.1) is 0 Å². The summed E-state index contributed by atoms with van der Waals surface area (Å²) in [6.45, 7) is 0. The Morgan fingerprint density at radius 3 is 2.70 bits per heavy atom. The summed E-state index contributed by atoms with van der Waals surface area (Å²) in [7, 11) is 0. The molecule has 2 fully saturated rings. The van der Waals surface area contributed by atoms with Crippen LogP contribution < -0.4 is 10.6 Å². The van der Waals surface area contributed by atoms with Crippen molar-refractivity contribution in [3.8, 4) is 11.3 Å². The molecule has 1 aromatic carbocycles. The number of rotatable bonds is 3. The molecule has 4 nitrogen and oxygen atoms in total. The van der Waals surface area contributed by atoms with Crippen LogP contribution in [0.2, 0.25) is 0 Å². The zero-order valence-electron chi connectivity index (χ0n) is 12.4. The Morgan fingerprint density at radius 2 is 2.00 bits per heavy atom. The number of aromatic amines is 1. The van der Waals surface area contributed by atoms with E-state index in [9.17, 15) is 13.6 Å². The minimum Gasteiger partial charge on any atom is -0.351 e. The highest BCUT2D eigenvalue weighted by Gasteiger charge is 2.39. The molecule has 4 rings (SSSR count). The lowest BCUT2D eigenvalue weighted by Crippen LogP contribution is -2.43. The second-order valence-corrected chi connectivity index (χ2v) is 6.28. The van der Waals surface area contributed by atoms with E-state index < -0.39 is 11.6 Å². The van der Waals surface area contributed by atoms with Gasteiger partial charge in [-0.3, -0.25) is 4.79 Å². The van der Waals surface area contributed by atoms with Gasteiger partial charge in [0.25, 0.3) is 5.91 Å². The van der Waals surface area contributed by atoms with E-state index in [0.29, 0.717) is 29.0 Å². The average molecular weight is 317 g/mol. The maximum atomic E-state index is 13.3. The number of benzene rings is 1. The second-order valence-electron chi connectivity index (χ2n) is 6.28. The Morgan fingerprint density at radius 1 is 1.13 bits per heavy atom. The number of amides is 1. The quantitative estimate of drug-likeness (QED) is 0.815. The van der Waals surface area contributed by atoms with E-state index in [4.69, 9.17) is 0 Å². The van der Waals surface area contributed by atoms with Crippen molar-refractivity contribution in [2.75, 3.05) is 0 Å².